The summed E-state index contributed by atoms with van der Waals surface area (Å²) in [6.07, 6.45) is 0. The first kappa shape index (κ1) is 23.6. The molecule has 0 unspecified atom stereocenters. The van der Waals surface area contributed by atoms with Crippen LogP contribution in [0.1, 0.15) is 22.8 Å². The number of thiocarbonyl (C=S) groups is 1. The summed E-state index contributed by atoms with van der Waals surface area (Å²) in [4.78, 5) is 11.8. The van der Waals surface area contributed by atoms with Crippen molar-refractivity contribution in [2.24, 2.45) is 10.2 Å². The Balaban J connectivity index is 1.57. The SMILES string of the molecule is CCOC(=O)c1ccc(NC(=S)N=Nc2c(O)n(Cc3ccccc3)c3ccc(Br)cc23)cc1. The summed E-state index contributed by atoms with van der Waals surface area (Å²) in [6.45, 7) is 2.55. The van der Waals surface area contributed by atoms with Gasteiger partial charge in [0.2, 0.25) is 11.0 Å². The number of hydrogen-bond donors (Lipinski definition) is 2. The average Bonchev–Trinajstić information content (AvgIpc) is 3.09. The smallest absolute Gasteiger partial charge is 0.338 e. The third-order valence-electron chi connectivity index (χ3n) is 5.04. The Kier molecular flexibility index (Phi) is 7.34. The number of halogens is 1. The van der Waals surface area contributed by atoms with E-state index in [0.717, 1.165) is 20.9 Å². The molecule has 7 nitrogen and oxygen atoms in total. The lowest BCUT2D eigenvalue weighted by atomic mass is 10.2. The maximum Gasteiger partial charge on any atom is 0.338 e. The van der Waals surface area contributed by atoms with Crippen molar-refractivity contribution in [1.82, 2.24) is 4.57 Å². The van der Waals surface area contributed by atoms with Gasteiger partial charge in [0.05, 0.1) is 24.2 Å². The maximum atomic E-state index is 11.8. The molecule has 0 fully saturated rings. The number of nitrogens with zero attached hydrogens (tertiary/aromatic N) is 3. The fourth-order valence-corrected chi connectivity index (χ4v) is 3.99. The van der Waals surface area contributed by atoms with Crippen molar-refractivity contribution >= 4 is 61.5 Å². The fraction of sp³-hybridized carbons (Fsp3) is 0.120. The minimum Gasteiger partial charge on any atom is -0.493 e. The van der Waals surface area contributed by atoms with E-state index in [1.54, 1.807) is 35.8 Å². The Hall–Kier alpha value is -3.56. The minimum atomic E-state index is -0.384. The molecule has 0 aliphatic heterocycles. The molecular formula is C25H21BrN4O3S. The molecule has 0 spiro atoms. The molecule has 9 heteroatoms. The highest BCUT2D eigenvalue weighted by molar-refractivity contribution is 9.10. The molecule has 1 heterocycles. The molecule has 4 aromatic rings. The summed E-state index contributed by atoms with van der Waals surface area (Å²) < 4.78 is 7.63. The van der Waals surface area contributed by atoms with Gasteiger partial charge in [-0.25, -0.2) is 4.79 Å². The van der Waals surface area contributed by atoms with E-state index < -0.39 is 0 Å². The molecule has 0 aliphatic carbocycles. The molecule has 1 aromatic heterocycles. The standard InChI is InChI=1S/C25H21BrN4O3S/c1-2-33-24(32)17-8-11-19(12-9-17)27-25(34)29-28-22-20-14-18(26)10-13-21(20)30(23(22)31)15-16-6-4-3-5-7-16/h3-14,31H,2,15H2,1H3,(H,27,34). The number of azo groups is 1. The quantitative estimate of drug-likeness (QED) is 0.160. The largest absolute Gasteiger partial charge is 0.493 e. The van der Waals surface area contributed by atoms with E-state index in [0.29, 0.717) is 30.1 Å². The molecule has 0 bridgehead atoms. The van der Waals surface area contributed by atoms with Gasteiger partial charge in [-0.1, -0.05) is 46.3 Å². The predicted octanol–water partition coefficient (Wildman–Crippen LogP) is 6.82. The number of benzene rings is 3. The maximum absolute atomic E-state index is 11.8. The summed E-state index contributed by atoms with van der Waals surface area (Å²) in [5.41, 5.74) is 3.29. The van der Waals surface area contributed by atoms with Gasteiger partial charge in [-0.2, -0.15) is 0 Å². The second kappa shape index (κ2) is 10.6. The van der Waals surface area contributed by atoms with Gasteiger partial charge in [0, 0.05) is 15.5 Å². The molecule has 0 saturated carbocycles. The van der Waals surface area contributed by atoms with Gasteiger partial charge in [-0.15, -0.1) is 10.2 Å². The van der Waals surface area contributed by atoms with Crippen molar-refractivity contribution in [3.05, 3.63) is 88.4 Å². The highest BCUT2D eigenvalue weighted by Gasteiger charge is 2.17. The summed E-state index contributed by atoms with van der Waals surface area (Å²) in [5.74, 6) is -0.382. The number of nitrogens with one attached hydrogen (secondary N) is 1. The first-order chi connectivity index (χ1) is 16.5. The van der Waals surface area contributed by atoms with Crippen LogP contribution in [0.15, 0.2) is 87.5 Å². The monoisotopic (exact) mass is 536 g/mol. The van der Waals surface area contributed by atoms with E-state index >= 15 is 0 Å². The van der Waals surface area contributed by atoms with Gasteiger partial charge in [0.15, 0.2) is 5.69 Å². The van der Waals surface area contributed by atoms with Gasteiger partial charge in [-0.3, -0.25) is 0 Å². The summed E-state index contributed by atoms with van der Waals surface area (Å²) in [5, 5.41) is 23.2. The molecule has 0 aliphatic rings. The second-order valence-electron chi connectivity index (χ2n) is 7.33. The highest BCUT2D eigenvalue weighted by atomic mass is 79.9. The van der Waals surface area contributed by atoms with Crippen molar-refractivity contribution in [3.8, 4) is 5.88 Å². The zero-order valence-electron chi connectivity index (χ0n) is 18.2. The van der Waals surface area contributed by atoms with Crippen molar-refractivity contribution in [2.45, 2.75) is 13.5 Å². The van der Waals surface area contributed by atoms with E-state index in [1.165, 1.54) is 0 Å². The molecule has 3 aromatic carbocycles. The van der Waals surface area contributed by atoms with E-state index in [2.05, 4.69) is 31.5 Å². The Bertz CT molecular complexity index is 1370. The lowest BCUT2D eigenvalue weighted by molar-refractivity contribution is 0.0526. The number of carbonyl (C=O) groups is 1. The number of rotatable bonds is 6. The molecule has 4 rings (SSSR count). The number of anilines is 1. The summed E-state index contributed by atoms with van der Waals surface area (Å²) in [6, 6.07) is 22.3. The topological polar surface area (TPSA) is 88.2 Å². The number of aromatic nitrogens is 1. The lowest BCUT2D eigenvalue weighted by Gasteiger charge is -2.07. The van der Waals surface area contributed by atoms with E-state index in [9.17, 15) is 9.90 Å². The second-order valence-corrected chi connectivity index (χ2v) is 8.64. The Labute approximate surface area is 210 Å². The molecule has 0 saturated heterocycles. The number of aromatic hydroxyl groups is 1. The summed E-state index contributed by atoms with van der Waals surface area (Å²) in [7, 11) is 0. The third kappa shape index (κ3) is 5.32. The van der Waals surface area contributed by atoms with E-state index in [1.807, 2.05) is 48.5 Å². The zero-order chi connectivity index (χ0) is 24.1. The Morgan fingerprint density at radius 3 is 2.56 bits per heavy atom. The average molecular weight is 537 g/mol. The molecular weight excluding hydrogens is 516 g/mol. The van der Waals surface area contributed by atoms with Gasteiger partial charge in [-0.05, 0) is 67.2 Å². The van der Waals surface area contributed by atoms with Crippen molar-refractivity contribution in [3.63, 3.8) is 0 Å². The lowest BCUT2D eigenvalue weighted by Crippen LogP contribution is -2.07. The molecule has 34 heavy (non-hydrogen) atoms. The fourth-order valence-electron chi connectivity index (χ4n) is 3.47. The van der Waals surface area contributed by atoms with Crippen LogP contribution in [0.25, 0.3) is 10.9 Å². The summed E-state index contributed by atoms with van der Waals surface area (Å²) >= 11 is 8.79. The van der Waals surface area contributed by atoms with Crippen LogP contribution in [0.4, 0.5) is 11.4 Å². The molecule has 172 valence electrons. The number of ether oxygens (including phenoxy) is 1. The molecule has 0 radical (unpaired) electrons. The molecule has 0 atom stereocenters. The highest BCUT2D eigenvalue weighted by Crippen LogP contribution is 2.40. The van der Waals surface area contributed by atoms with Gasteiger partial charge in [0.1, 0.15) is 0 Å². The third-order valence-corrected chi connectivity index (χ3v) is 5.72. The van der Waals surface area contributed by atoms with Gasteiger partial charge < -0.3 is 19.7 Å². The van der Waals surface area contributed by atoms with Crippen LogP contribution >= 0.6 is 28.1 Å². The minimum absolute atomic E-state index is 0.00212. The van der Waals surface area contributed by atoms with Crippen LogP contribution in [0, 0.1) is 0 Å². The first-order valence-corrected chi connectivity index (χ1v) is 11.7. The normalized spacial score (nSPS) is 11.1. The molecule has 0 amide bonds. The van der Waals surface area contributed by atoms with Crippen LogP contribution in [-0.2, 0) is 11.3 Å². The van der Waals surface area contributed by atoms with Crippen LogP contribution in [0.5, 0.6) is 5.88 Å². The Morgan fingerprint density at radius 1 is 1.12 bits per heavy atom. The number of fused-ring (bicyclic) bond motifs is 1. The van der Waals surface area contributed by atoms with E-state index in [4.69, 9.17) is 17.0 Å². The molecule has 2 N–H and O–H groups in total. The Morgan fingerprint density at radius 2 is 1.85 bits per heavy atom. The van der Waals surface area contributed by atoms with Crippen molar-refractivity contribution in [2.75, 3.05) is 11.9 Å². The van der Waals surface area contributed by atoms with Crippen LogP contribution in [0.3, 0.4) is 0 Å². The van der Waals surface area contributed by atoms with Crippen molar-refractivity contribution in [1.29, 1.82) is 0 Å². The van der Waals surface area contributed by atoms with Gasteiger partial charge in [0.25, 0.3) is 0 Å². The number of carbonyl (C=O) groups excluding carboxylic acids is 1. The number of esters is 1. The van der Waals surface area contributed by atoms with Crippen LogP contribution in [-0.4, -0.2) is 27.4 Å². The van der Waals surface area contributed by atoms with Crippen LogP contribution < -0.4 is 5.32 Å². The zero-order valence-corrected chi connectivity index (χ0v) is 20.6. The number of hydrogen-bond acceptors (Lipinski definition) is 5. The predicted molar refractivity (Wildman–Crippen MR) is 140 cm³/mol. The van der Waals surface area contributed by atoms with Crippen LogP contribution in [0.2, 0.25) is 0 Å². The first-order valence-electron chi connectivity index (χ1n) is 10.5. The van der Waals surface area contributed by atoms with Crippen molar-refractivity contribution < 1.29 is 14.6 Å². The van der Waals surface area contributed by atoms with Gasteiger partial charge >= 0.3 is 5.97 Å². The van der Waals surface area contributed by atoms with E-state index in [-0.39, 0.29) is 17.0 Å².